The van der Waals surface area contributed by atoms with E-state index in [-0.39, 0.29) is 49.5 Å². The Hall–Kier alpha value is -4.26. The van der Waals surface area contributed by atoms with Crippen molar-refractivity contribution in [3.8, 4) is 0 Å². The van der Waals surface area contributed by atoms with Crippen molar-refractivity contribution in [2.24, 2.45) is 22.4 Å². The minimum atomic E-state index is -3.57. The first kappa shape index (κ1) is 43.5. The lowest BCUT2D eigenvalue weighted by atomic mass is 9.83. The summed E-state index contributed by atoms with van der Waals surface area (Å²) in [5.41, 5.74) is 12.5. The summed E-state index contributed by atoms with van der Waals surface area (Å²) in [6.45, 7) is 2.25. The van der Waals surface area contributed by atoms with Gasteiger partial charge in [0.1, 0.15) is 12.1 Å². The Bertz CT molecular complexity index is 1610. The second kappa shape index (κ2) is 21.7. The summed E-state index contributed by atoms with van der Waals surface area (Å²) in [6, 6.07) is 5.73. The first-order valence-electron chi connectivity index (χ1n) is 19.4. The highest BCUT2D eigenvalue weighted by atomic mass is 32.2. The zero-order chi connectivity index (χ0) is 39.8. The van der Waals surface area contributed by atoms with Gasteiger partial charge in [0.05, 0.1) is 36.4 Å². The SMILES string of the molecule is CCCS(=O)(=O)NC[C@H](O)C[C@H](O)[C@H](CC1CCCCC1)NC(=O)[C@H](Cc1cnc[nH]1)NC(=O)[C@H](Cc1ccccc1)NC(=O)N1CCC(N=C(N)N)CC1. The molecule has 5 atom stereocenters. The van der Waals surface area contributed by atoms with Crippen molar-refractivity contribution in [1.82, 2.24) is 35.5 Å². The number of H-pyrrole nitrogens is 1. The molecule has 0 unspecified atom stereocenters. The number of benzene rings is 1. The van der Waals surface area contributed by atoms with Crippen LogP contribution in [0.2, 0.25) is 0 Å². The van der Waals surface area contributed by atoms with E-state index >= 15 is 0 Å². The molecule has 1 aliphatic carbocycles. The molecule has 17 nitrogen and oxygen atoms in total. The zero-order valence-electron chi connectivity index (χ0n) is 31.7. The molecular weight excluding hydrogens is 729 g/mol. The number of amides is 4. The third-order valence-electron chi connectivity index (χ3n) is 10.2. The van der Waals surface area contributed by atoms with Crippen LogP contribution in [-0.4, -0.2) is 119 Å². The molecule has 2 aliphatic rings. The molecule has 4 rings (SSSR count). The van der Waals surface area contributed by atoms with Gasteiger partial charge in [0, 0.05) is 50.8 Å². The summed E-state index contributed by atoms with van der Waals surface area (Å²) in [5.74, 6) is -0.999. The topological polar surface area (TPSA) is 270 Å². The molecule has 0 bridgehead atoms. The number of aromatic amines is 1. The number of guanidine groups is 1. The van der Waals surface area contributed by atoms with Crippen LogP contribution in [0.4, 0.5) is 4.79 Å². The number of nitrogens with two attached hydrogens (primary N) is 2. The predicted octanol–water partition coefficient (Wildman–Crippen LogP) is 0.392. The molecule has 1 aliphatic heterocycles. The van der Waals surface area contributed by atoms with Crippen molar-refractivity contribution in [3.63, 3.8) is 0 Å². The van der Waals surface area contributed by atoms with E-state index in [2.05, 4.69) is 35.6 Å². The molecule has 11 N–H and O–H groups in total. The molecular formula is C37H60N10O7S. The van der Waals surface area contributed by atoms with Crippen LogP contribution in [0.1, 0.15) is 82.4 Å². The quantitative estimate of drug-likeness (QED) is 0.0658. The van der Waals surface area contributed by atoms with Gasteiger partial charge in [-0.2, -0.15) is 0 Å². The van der Waals surface area contributed by atoms with E-state index in [4.69, 9.17) is 11.5 Å². The van der Waals surface area contributed by atoms with Crippen LogP contribution >= 0.6 is 0 Å². The Morgan fingerprint density at radius 3 is 2.27 bits per heavy atom. The third kappa shape index (κ3) is 15.1. The van der Waals surface area contributed by atoms with Gasteiger partial charge in [0.2, 0.25) is 21.8 Å². The van der Waals surface area contributed by atoms with Gasteiger partial charge >= 0.3 is 6.03 Å². The number of carbonyl (C=O) groups is 3. The zero-order valence-corrected chi connectivity index (χ0v) is 32.6. The van der Waals surface area contributed by atoms with Crippen LogP contribution in [0.15, 0.2) is 47.8 Å². The predicted molar refractivity (Wildman–Crippen MR) is 209 cm³/mol. The van der Waals surface area contributed by atoms with E-state index in [1.54, 1.807) is 18.0 Å². The molecule has 1 aromatic carbocycles. The van der Waals surface area contributed by atoms with Gasteiger partial charge in [-0.1, -0.05) is 69.4 Å². The van der Waals surface area contributed by atoms with Crippen LogP contribution < -0.4 is 32.1 Å². The lowest BCUT2D eigenvalue weighted by molar-refractivity contribution is -0.131. The minimum absolute atomic E-state index is 0.00337. The number of carbonyl (C=O) groups excluding carboxylic acids is 3. The number of hydrogen-bond acceptors (Lipinski definition) is 9. The molecule has 306 valence electrons. The van der Waals surface area contributed by atoms with Gasteiger partial charge in [-0.25, -0.2) is 22.9 Å². The lowest BCUT2D eigenvalue weighted by Crippen LogP contribution is -2.59. The summed E-state index contributed by atoms with van der Waals surface area (Å²) in [5, 5.41) is 30.8. The van der Waals surface area contributed by atoms with Crippen molar-refractivity contribution in [2.75, 3.05) is 25.4 Å². The van der Waals surface area contributed by atoms with Gasteiger partial charge < -0.3 is 47.5 Å². The monoisotopic (exact) mass is 788 g/mol. The van der Waals surface area contributed by atoms with Gasteiger partial charge in [-0.3, -0.25) is 14.6 Å². The maximum Gasteiger partial charge on any atom is 0.318 e. The average molecular weight is 789 g/mol. The maximum atomic E-state index is 14.2. The smallest absolute Gasteiger partial charge is 0.318 e. The number of rotatable bonds is 20. The number of aliphatic hydroxyl groups excluding tert-OH is 2. The minimum Gasteiger partial charge on any atom is -0.392 e. The standard InChI is InChI=1S/C37H60N10O7S/c1-2-17-55(53,54)42-23-29(48)21-33(49)30(18-25-9-5-3-6-10-25)44-35(51)32(20-28-22-40-24-41-28)45-34(50)31(19-26-11-7-4-8-12-26)46-37(52)47-15-13-27(14-16-47)43-36(38)39/h4,7-8,11-12,22,24-25,27,29-33,42,48-49H,2-3,5-6,9-10,13-21,23H2,1H3,(H,40,41)(H,44,51)(H,45,50)(H,46,52)(H4,38,39,43)/t29-,30+,31+,32+,33+/m1/s1. The first-order chi connectivity index (χ1) is 26.3. The maximum absolute atomic E-state index is 14.2. The highest BCUT2D eigenvalue weighted by molar-refractivity contribution is 7.89. The number of nitrogens with one attached hydrogen (secondary N) is 5. The molecule has 2 aromatic rings. The number of likely N-dealkylation sites (tertiary alicyclic amines) is 1. The van der Waals surface area contributed by atoms with Crippen LogP contribution in [0.3, 0.4) is 0 Å². The Morgan fingerprint density at radius 2 is 1.64 bits per heavy atom. The molecule has 2 fully saturated rings. The van der Waals surface area contributed by atoms with E-state index in [0.29, 0.717) is 44.5 Å². The Balaban J connectivity index is 1.50. The number of imidazole rings is 1. The van der Waals surface area contributed by atoms with Gasteiger partial charge in [0.25, 0.3) is 0 Å². The Labute approximate surface area is 323 Å². The number of aliphatic hydroxyl groups is 2. The van der Waals surface area contributed by atoms with Crippen molar-refractivity contribution < 1.29 is 33.0 Å². The van der Waals surface area contributed by atoms with Crippen LogP contribution in [0, 0.1) is 5.92 Å². The molecule has 0 radical (unpaired) electrons. The summed E-state index contributed by atoms with van der Waals surface area (Å²) in [7, 11) is -3.57. The number of hydrogen-bond donors (Lipinski definition) is 9. The molecule has 1 saturated heterocycles. The van der Waals surface area contributed by atoms with Crippen molar-refractivity contribution in [3.05, 3.63) is 54.1 Å². The van der Waals surface area contributed by atoms with E-state index in [0.717, 1.165) is 37.7 Å². The van der Waals surface area contributed by atoms with Crippen molar-refractivity contribution >= 4 is 33.8 Å². The fourth-order valence-corrected chi connectivity index (χ4v) is 8.40. The molecule has 2 heterocycles. The number of urea groups is 1. The van der Waals surface area contributed by atoms with Gasteiger partial charge in [-0.05, 0) is 37.2 Å². The fourth-order valence-electron chi connectivity index (χ4n) is 7.27. The summed E-state index contributed by atoms with van der Waals surface area (Å²) >= 11 is 0. The van der Waals surface area contributed by atoms with Crippen LogP contribution in [-0.2, 0) is 32.5 Å². The number of nitrogens with zero attached hydrogens (tertiary/aromatic N) is 3. The van der Waals surface area contributed by atoms with E-state index in [9.17, 15) is 33.0 Å². The number of aliphatic imine (C=N–C) groups is 1. The van der Waals surface area contributed by atoms with E-state index in [1.165, 1.54) is 6.33 Å². The largest absolute Gasteiger partial charge is 0.392 e. The summed E-state index contributed by atoms with van der Waals surface area (Å²) in [4.78, 5) is 54.7. The van der Waals surface area contributed by atoms with Gasteiger partial charge in [0.15, 0.2) is 5.96 Å². The van der Waals surface area contributed by atoms with Gasteiger partial charge in [-0.15, -0.1) is 0 Å². The Kier molecular flexibility index (Phi) is 17.2. The first-order valence-corrected chi connectivity index (χ1v) is 21.1. The summed E-state index contributed by atoms with van der Waals surface area (Å²) < 4.78 is 26.7. The molecule has 0 spiro atoms. The number of sulfonamides is 1. The molecule has 1 saturated carbocycles. The van der Waals surface area contributed by atoms with Crippen molar-refractivity contribution in [2.45, 2.75) is 120 Å². The average Bonchev–Trinajstić information content (AvgIpc) is 3.67. The molecule has 4 amide bonds. The second-order valence-corrected chi connectivity index (χ2v) is 16.7. The molecule has 55 heavy (non-hydrogen) atoms. The molecule has 18 heteroatoms. The molecule has 1 aromatic heterocycles. The summed E-state index contributed by atoms with van der Waals surface area (Å²) in [6.07, 6.45) is 7.64. The van der Waals surface area contributed by atoms with E-state index in [1.807, 2.05) is 30.3 Å². The fraction of sp³-hybridized carbons (Fsp3) is 0.649. The van der Waals surface area contributed by atoms with Crippen LogP contribution in [0.5, 0.6) is 0 Å². The highest BCUT2D eigenvalue weighted by Crippen LogP contribution is 2.28. The lowest BCUT2D eigenvalue weighted by Gasteiger charge is -2.33. The number of aromatic nitrogens is 2. The van der Waals surface area contributed by atoms with Crippen molar-refractivity contribution in [1.29, 1.82) is 0 Å². The van der Waals surface area contributed by atoms with Crippen LogP contribution in [0.25, 0.3) is 0 Å². The highest BCUT2D eigenvalue weighted by Gasteiger charge is 2.34. The number of piperidine rings is 1. The normalized spacial score (nSPS) is 18.3. The Morgan fingerprint density at radius 1 is 0.964 bits per heavy atom. The second-order valence-electron chi connectivity index (χ2n) is 14.8. The van der Waals surface area contributed by atoms with E-state index < -0.39 is 58.2 Å². The third-order valence-corrected chi connectivity index (χ3v) is 11.8.